The number of ketones is 2. The third-order valence-corrected chi connectivity index (χ3v) is 2.95. The molecule has 0 aromatic heterocycles. The van der Waals surface area contributed by atoms with Crippen LogP contribution in [0.3, 0.4) is 0 Å². The number of hydrogen-bond acceptors (Lipinski definition) is 4. The molecule has 0 heterocycles. The number of carbonyl (C=O) groups excluding carboxylic acids is 2. The Morgan fingerprint density at radius 3 is 2.32 bits per heavy atom. The molecule has 1 rings (SSSR count). The fraction of sp³-hybridized carbons (Fsp3) is 0.529. The van der Waals surface area contributed by atoms with E-state index in [4.69, 9.17) is 9.47 Å². The van der Waals surface area contributed by atoms with Crippen molar-refractivity contribution in [3.8, 4) is 11.5 Å². The molecule has 0 saturated carbocycles. The molecule has 1 unspecified atom stereocenters. The summed E-state index contributed by atoms with van der Waals surface area (Å²) < 4.78 is 24.8. The maximum absolute atomic E-state index is 14.1. The third-order valence-electron chi connectivity index (χ3n) is 2.95. The number of rotatable bonds is 9. The molecule has 0 spiro atoms. The molecule has 0 aliphatic carbocycles. The maximum atomic E-state index is 14.1. The van der Waals surface area contributed by atoms with Crippen LogP contribution in [0.1, 0.15) is 44.5 Å². The van der Waals surface area contributed by atoms with Gasteiger partial charge in [0.05, 0.1) is 18.8 Å². The fourth-order valence-electron chi connectivity index (χ4n) is 2.03. The van der Waals surface area contributed by atoms with Gasteiger partial charge in [0.25, 0.3) is 0 Å². The van der Waals surface area contributed by atoms with Gasteiger partial charge < -0.3 is 9.47 Å². The van der Waals surface area contributed by atoms with Crippen LogP contribution >= 0.6 is 0 Å². The highest BCUT2D eigenvalue weighted by Crippen LogP contribution is 2.27. The lowest BCUT2D eigenvalue weighted by Crippen LogP contribution is -2.27. The molecular formula is C17H23FO4. The fourth-order valence-corrected chi connectivity index (χ4v) is 2.03. The van der Waals surface area contributed by atoms with Crippen molar-refractivity contribution in [1.82, 2.24) is 0 Å². The topological polar surface area (TPSA) is 52.6 Å². The lowest BCUT2D eigenvalue weighted by Gasteiger charge is -2.14. The van der Waals surface area contributed by atoms with Gasteiger partial charge in [0.15, 0.2) is 5.78 Å². The van der Waals surface area contributed by atoms with Crippen LogP contribution in [0.4, 0.5) is 4.39 Å². The standard InChI is InChI=1S/C17H23FO4/c1-5-21-12-7-8-13(15(10-12)22-6-2)17(20)16(18)14(19)9-11(3)4/h7-8,10-11,16H,5-6,9H2,1-4H3. The molecule has 0 amide bonds. The van der Waals surface area contributed by atoms with Crippen LogP contribution in [0.2, 0.25) is 0 Å². The molecule has 0 saturated heterocycles. The Labute approximate surface area is 130 Å². The smallest absolute Gasteiger partial charge is 0.221 e. The first-order valence-corrected chi connectivity index (χ1v) is 7.51. The second-order valence-corrected chi connectivity index (χ2v) is 5.32. The Bertz CT molecular complexity index is 525. The Morgan fingerprint density at radius 1 is 1.14 bits per heavy atom. The van der Waals surface area contributed by atoms with Gasteiger partial charge in [-0.15, -0.1) is 0 Å². The molecule has 0 radical (unpaired) electrons. The van der Waals surface area contributed by atoms with Crippen molar-refractivity contribution < 1.29 is 23.5 Å². The summed E-state index contributed by atoms with van der Waals surface area (Å²) in [5.41, 5.74) is 0.0647. The predicted molar refractivity (Wildman–Crippen MR) is 82.5 cm³/mol. The molecule has 22 heavy (non-hydrogen) atoms. The molecule has 1 aromatic carbocycles. The predicted octanol–water partition coefficient (Wildman–Crippen LogP) is 3.62. The molecule has 4 nitrogen and oxygen atoms in total. The van der Waals surface area contributed by atoms with Crippen molar-refractivity contribution in [2.24, 2.45) is 5.92 Å². The van der Waals surface area contributed by atoms with Gasteiger partial charge >= 0.3 is 0 Å². The van der Waals surface area contributed by atoms with E-state index < -0.39 is 17.7 Å². The van der Waals surface area contributed by atoms with Crippen molar-refractivity contribution in [2.45, 2.75) is 40.3 Å². The van der Waals surface area contributed by atoms with E-state index in [1.54, 1.807) is 32.9 Å². The highest BCUT2D eigenvalue weighted by atomic mass is 19.1. The van der Waals surface area contributed by atoms with Crippen molar-refractivity contribution >= 4 is 11.6 Å². The van der Waals surface area contributed by atoms with E-state index in [0.29, 0.717) is 19.0 Å². The van der Waals surface area contributed by atoms with Gasteiger partial charge in [0, 0.05) is 12.5 Å². The second-order valence-electron chi connectivity index (χ2n) is 5.32. The summed E-state index contributed by atoms with van der Waals surface area (Å²) in [6.45, 7) is 8.00. The van der Waals surface area contributed by atoms with Crippen molar-refractivity contribution in [3.63, 3.8) is 0 Å². The summed E-state index contributed by atoms with van der Waals surface area (Å²) in [5.74, 6) is -0.788. The Morgan fingerprint density at radius 2 is 1.77 bits per heavy atom. The van der Waals surface area contributed by atoms with E-state index in [2.05, 4.69) is 0 Å². The second kappa shape index (κ2) is 8.51. The van der Waals surface area contributed by atoms with E-state index in [0.717, 1.165) is 0 Å². The quantitative estimate of drug-likeness (QED) is 0.516. The van der Waals surface area contributed by atoms with Gasteiger partial charge in [-0.05, 0) is 31.9 Å². The van der Waals surface area contributed by atoms with E-state index >= 15 is 0 Å². The minimum absolute atomic E-state index is 0.00485. The Hall–Kier alpha value is -1.91. The first kappa shape index (κ1) is 18.1. The number of halogens is 1. The maximum Gasteiger partial charge on any atom is 0.221 e. The average Bonchev–Trinajstić information content (AvgIpc) is 2.46. The van der Waals surface area contributed by atoms with Crippen LogP contribution in [0.15, 0.2) is 18.2 Å². The monoisotopic (exact) mass is 310 g/mol. The van der Waals surface area contributed by atoms with Gasteiger partial charge in [0.2, 0.25) is 12.0 Å². The van der Waals surface area contributed by atoms with Gasteiger partial charge in [-0.2, -0.15) is 0 Å². The molecule has 0 aliphatic heterocycles. The molecule has 0 fully saturated rings. The third kappa shape index (κ3) is 4.83. The van der Waals surface area contributed by atoms with E-state index in [-0.39, 0.29) is 23.7 Å². The summed E-state index contributed by atoms with van der Waals surface area (Å²) >= 11 is 0. The molecular weight excluding hydrogens is 287 g/mol. The average molecular weight is 310 g/mol. The number of hydrogen-bond donors (Lipinski definition) is 0. The van der Waals surface area contributed by atoms with E-state index in [1.165, 1.54) is 6.07 Å². The summed E-state index contributed by atoms with van der Waals surface area (Å²) in [7, 11) is 0. The largest absolute Gasteiger partial charge is 0.494 e. The minimum Gasteiger partial charge on any atom is -0.494 e. The zero-order valence-corrected chi connectivity index (χ0v) is 13.5. The minimum atomic E-state index is -2.15. The van der Waals surface area contributed by atoms with Gasteiger partial charge in [-0.25, -0.2) is 4.39 Å². The number of carbonyl (C=O) groups is 2. The lowest BCUT2D eigenvalue weighted by molar-refractivity contribution is -0.122. The van der Waals surface area contributed by atoms with Crippen molar-refractivity contribution in [2.75, 3.05) is 13.2 Å². The summed E-state index contributed by atoms with van der Waals surface area (Å²) in [4.78, 5) is 24.0. The molecule has 1 aromatic rings. The molecule has 0 N–H and O–H groups in total. The first-order valence-electron chi connectivity index (χ1n) is 7.51. The molecule has 122 valence electrons. The van der Waals surface area contributed by atoms with Crippen molar-refractivity contribution in [3.05, 3.63) is 23.8 Å². The van der Waals surface area contributed by atoms with Crippen LogP contribution in [0.5, 0.6) is 11.5 Å². The Balaban J connectivity index is 3.02. The highest BCUT2D eigenvalue weighted by molar-refractivity contribution is 6.14. The molecule has 1 atom stereocenters. The number of ether oxygens (including phenoxy) is 2. The zero-order valence-electron chi connectivity index (χ0n) is 13.5. The normalized spacial score (nSPS) is 12.1. The van der Waals surface area contributed by atoms with Crippen molar-refractivity contribution in [1.29, 1.82) is 0 Å². The van der Waals surface area contributed by atoms with Crippen LogP contribution in [-0.2, 0) is 4.79 Å². The molecule has 0 bridgehead atoms. The number of alkyl halides is 1. The SMILES string of the molecule is CCOc1ccc(C(=O)C(F)C(=O)CC(C)C)c(OCC)c1. The number of benzene rings is 1. The van der Waals surface area contributed by atoms with E-state index in [9.17, 15) is 14.0 Å². The van der Waals surface area contributed by atoms with Crippen LogP contribution in [-0.4, -0.2) is 31.0 Å². The van der Waals surface area contributed by atoms with E-state index in [1.807, 2.05) is 6.92 Å². The Kier molecular flexibility index (Phi) is 7.02. The van der Waals surface area contributed by atoms with Gasteiger partial charge in [-0.3, -0.25) is 9.59 Å². The molecule has 0 aliphatic rings. The molecule has 5 heteroatoms. The highest BCUT2D eigenvalue weighted by Gasteiger charge is 2.29. The zero-order chi connectivity index (χ0) is 16.7. The lowest BCUT2D eigenvalue weighted by atomic mass is 9.98. The summed E-state index contributed by atoms with van der Waals surface area (Å²) in [6.07, 6.45) is -2.12. The summed E-state index contributed by atoms with van der Waals surface area (Å²) in [6, 6.07) is 4.55. The summed E-state index contributed by atoms with van der Waals surface area (Å²) in [5, 5.41) is 0. The first-order chi connectivity index (χ1) is 10.4. The number of Topliss-reactive ketones (excluding diaryl/α,β-unsaturated/α-hetero) is 2. The van der Waals surface area contributed by atoms with Crippen LogP contribution in [0.25, 0.3) is 0 Å². The van der Waals surface area contributed by atoms with Gasteiger partial charge in [-0.1, -0.05) is 13.8 Å². The van der Waals surface area contributed by atoms with Crippen LogP contribution < -0.4 is 9.47 Å². The van der Waals surface area contributed by atoms with Gasteiger partial charge in [0.1, 0.15) is 11.5 Å². The van der Waals surface area contributed by atoms with Crippen LogP contribution in [0, 0.1) is 5.92 Å².